The predicted octanol–water partition coefficient (Wildman–Crippen LogP) is 4.77. The molecule has 29 heavy (non-hydrogen) atoms. The van der Waals surface area contributed by atoms with Crippen LogP contribution < -0.4 is 9.64 Å². The number of carbonyl (C=O) groups excluding carboxylic acids is 1. The second kappa shape index (κ2) is 7.11. The van der Waals surface area contributed by atoms with Gasteiger partial charge in [-0.25, -0.2) is 0 Å². The van der Waals surface area contributed by atoms with Crippen molar-refractivity contribution in [1.29, 1.82) is 0 Å². The van der Waals surface area contributed by atoms with Crippen LogP contribution in [-0.4, -0.2) is 37.7 Å². The number of fused-ring (bicyclic) bond motifs is 3. The first kappa shape index (κ1) is 18.0. The number of anilines is 1. The van der Waals surface area contributed by atoms with E-state index in [4.69, 9.17) is 4.74 Å². The molecule has 0 aliphatic carbocycles. The highest BCUT2D eigenvalue weighted by atomic mass is 16.5. The maximum Gasteiger partial charge on any atom is 0.225 e. The maximum atomic E-state index is 12.4. The van der Waals surface area contributed by atoms with Gasteiger partial charge in [-0.1, -0.05) is 42.5 Å². The van der Waals surface area contributed by atoms with Crippen molar-refractivity contribution in [3.63, 3.8) is 0 Å². The quantitative estimate of drug-likeness (QED) is 0.650. The zero-order valence-electron chi connectivity index (χ0n) is 17.0. The highest BCUT2D eigenvalue weighted by molar-refractivity contribution is 5.89. The monoisotopic (exact) mass is 386 g/mol. The van der Waals surface area contributed by atoms with Crippen molar-refractivity contribution in [2.75, 3.05) is 25.5 Å². The summed E-state index contributed by atoms with van der Waals surface area (Å²) in [6.07, 6.45) is 2.14. The van der Waals surface area contributed by atoms with Crippen LogP contribution in [0.5, 0.6) is 5.75 Å². The van der Waals surface area contributed by atoms with Crippen LogP contribution in [0.2, 0.25) is 0 Å². The zero-order valence-corrected chi connectivity index (χ0v) is 17.0. The van der Waals surface area contributed by atoms with Gasteiger partial charge in [0.1, 0.15) is 5.75 Å². The zero-order chi connectivity index (χ0) is 20.0. The average Bonchev–Trinajstić information content (AvgIpc) is 3.18. The van der Waals surface area contributed by atoms with Crippen molar-refractivity contribution in [3.05, 3.63) is 71.8 Å². The standard InChI is InChI=1S/C25H26N2O2/c1-26(2)19-12-9-18(10-13-19)21-16-24(27-15-5-8-23(27)28)29-22-14-11-17-6-3-4-7-20(17)25(21)22/h3-4,6-7,9-14,21,24H,5,8,15-16H2,1-2H3. The molecular weight excluding hydrogens is 360 g/mol. The molecule has 2 aliphatic heterocycles. The molecule has 0 radical (unpaired) electrons. The van der Waals surface area contributed by atoms with Crippen LogP contribution >= 0.6 is 0 Å². The number of rotatable bonds is 3. The molecule has 2 heterocycles. The van der Waals surface area contributed by atoms with Crippen LogP contribution in [0.1, 0.15) is 36.3 Å². The largest absolute Gasteiger partial charge is 0.470 e. The molecule has 2 unspecified atom stereocenters. The lowest BCUT2D eigenvalue weighted by atomic mass is 9.82. The summed E-state index contributed by atoms with van der Waals surface area (Å²) in [5, 5.41) is 2.46. The summed E-state index contributed by atoms with van der Waals surface area (Å²) in [5.74, 6) is 1.31. The van der Waals surface area contributed by atoms with Crippen molar-refractivity contribution in [2.45, 2.75) is 31.4 Å². The molecule has 1 fully saturated rings. The van der Waals surface area contributed by atoms with Crippen LogP contribution in [0.25, 0.3) is 10.8 Å². The molecular formula is C25H26N2O2. The van der Waals surface area contributed by atoms with Crippen LogP contribution in [0, 0.1) is 0 Å². The lowest BCUT2D eigenvalue weighted by molar-refractivity contribution is -0.135. The van der Waals surface area contributed by atoms with Gasteiger partial charge >= 0.3 is 0 Å². The summed E-state index contributed by atoms with van der Waals surface area (Å²) in [7, 11) is 4.11. The Hall–Kier alpha value is -3.01. The third kappa shape index (κ3) is 3.13. The molecule has 4 nitrogen and oxygen atoms in total. The van der Waals surface area contributed by atoms with Crippen LogP contribution in [0.4, 0.5) is 5.69 Å². The molecule has 3 aromatic rings. The molecule has 0 N–H and O–H groups in total. The molecule has 1 amide bonds. The summed E-state index contributed by atoms with van der Waals surface area (Å²) in [6.45, 7) is 0.790. The average molecular weight is 386 g/mol. The molecule has 0 spiro atoms. The van der Waals surface area contributed by atoms with E-state index in [-0.39, 0.29) is 18.1 Å². The van der Waals surface area contributed by atoms with E-state index in [0.29, 0.717) is 6.42 Å². The third-order valence-electron chi connectivity index (χ3n) is 6.25. The van der Waals surface area contributed by atoms with Crippen molar-refractivity contribution < 1.29 is 9.53 Å². The Kier molecular flexibility index (Phi) is 4.42. The molecule has 148 valence electrons. The lowest BCUT2D eigenvalue weighted by Gasteiger charge is -2.37. The molecule has 0 saturated carbocycles. The normalized spacial score (nSPS) is 21.2. The first-order valence-electron chi connectivity index (χ1n) is 10.4. The van der Waals surface area contributed by atoms with Crippen molar-refractivity contribution >= 4 is 22.4 Å². The predicted molar refractivity (Wildman–Crippen MR) is 117 cm³/mol. The van der Waals surface area contributed by atoms with Gasteiger partial charge in [-0.2, -0.15) is 0 Å². The molecule has 4 heteroatoms. The molecule has 3 aromatic carbocycles. The molecule has 1 saturated heterocycles. The maximum absolute atomic E-state index is 12.4. The number of carbonyl (C=O) groups is 1. The number of hydrogen-bond donors (Lipinski definition) is 0. The second-order valence-corrected chi connectivity index (χ2v) is 8.24. The van der Waals surface area contributed by atoms with Gasteiger partial charge in [0.05, 0.1) is 0 Å². The molecule has 0 bridgehead atoms. The topological polar surface area (TPSA) is 32.8 Å². The van der Waals surface area contributed by atoms with Crippen molar-refractivity contribution in [2.24, 2.45) is 0 Å². The van der Waals surface area contributed by atoms with Gasteiger partial charge in [0.25, 0.3) is 0 Å². The van der Waals surface area contributed by atoms with E-state index in [1.165, 1.54) is 27.6 Å². The number of likely N-dealkylation sites (tertiary alicyclic amines) is 1. The first-order chi connectivity index (χ1) is 14.1. The van der Waals surface area contributed by atoms with Gasteiger partial charge in [-0.3, -0.25) is 4.79 Å². The lowest BCUT2D eigenvalue weighted by Crippen LogP contribution is -2.43. The minimum Gasteiger partial charge on any atom is -0.470 e. The van der Waals surface area contributed by atoms with Gasteiger partial charge < -0.3 is 14.5 Å². The summed E-state index contributed by atoms with van der Waals surface area (Å²) in [5.41, 5.74) is 3.70. The molecule has 2 aliphatic rings. The van der Waals surface area contributed by atoms with Crippen LogP contribution in [0.15, 0.2) is 60.7 Å². The van der Waals surface area contributed by atoms with E-state index in [9.17, 15) is 4.79 Å². The van der Waals surface area contributed by atoms with E-state index in [0.717, 1.165) is 25.1 Å². The van der Waals surface area contributed by atoms with Gasteiger partial charge in [0.15, 0.2) is 6.23 Å². The third-order valence-corrected chi connectivity index (χ3v) is 6.25. The van der Waals surface area contributed by atoms with E-state index in [2.05, 4.69) is 79.7 Å². The minimum absolute atomic E-state index is 0.194. The SMILES string of the molecule is CN(C)c1ccc(C2CC(N3CCCC3=O)Oc3ccc4ccccc4c32)cc1. The Morgan fingerprint density at radius 1 is 1.00 bits per heavy atom. The second-order valence-electron chi connectivity index (χ2n) is 8.24. The van der Waals surface area contributed by atoms with E-state index in [1.54, 1.807) is 0 Å². The van der Waals surface area contributed by atoms with Crippen molar-refractivity contribution in [3.8, 4) is 5.75 Å². The number of amides is 1. The summed E-state index contributed by atoms with van der Waals surface area (Å²) in [6, 6.07) is 21.5. The summed E-state index contributed by atoms with van der Waals surface area (Å²) in [4.78, 5) is 16.4. The Bertz CT molecular complexity index is 1060. The number of benzene rings is 3. The molecule has 0 aromatic heterocycles. The number of nitrogens with zero attached hydrogens (tertiary/aromatic N) is 2. The number of hydrogen-bond acceptors (Lipinski definition) is 3. The first-order valence-corrected chi connectivity index (χ1v) is 10.4. The summed E-state index contributed by atoms with van der Waals surface area (Å²) >= 11 is 0. The highest BCUT2D eigenvalue weighted by Crippen LogP contribution is 2.45. The van der Waals surface area contributed by atoms with E-state index >= 15 is 0 Å². The fourth-order valence-corrected chi connectivity index (χ4v) is 4.72. The van der Waals surface area contributed by atoms with Gasteiger partial charge in [-0.15, -0.1) is 0 Å². The van der Waals surface area contributed by atoms with E-state index < -0.39 is 0 Å². The van der Waals surface area contributed by atoms with Crippen molar-refractivity contribution in [1.82, 2.24) is 4.90 Å². The Morgan fingerprint density at radius 3 is 2.52 bits per heavy atom. The molecule has 5 rings (SSSR count). The Balaban J connectivity index is 1.63. The Morgan fingerprint density at radius 2 is 1.79 bits per heavy atom. The van der Waals surface area contributed by atoms with Crippen LogP contribution in [0.3, 0.4) is 0 Å². The van der Waals surface area contributed by atoms with Gasteiger partial charge in [0, 0.05) is 50.7 Å². The smallest absolute Gasteiger partial charge is 0.225 e. The number of ether oxygens (including phenoxy) is 1. The van der Waals surface area contributed by atoms with E-state index in [1.807, 2.05) is 4.90 Å². The van der Waals surface area contributed by atoms with Crippen LogP contribution in [-0.2, 0) is 4.79 Å². The fraction of sp³-hybridized carbons (Fsp3) is 0.320. The Labute approximate surface area is 171 Å². The van der Waals surface area contributed by atoms with Gasteiger partial charge in [-0.05, 0) is 41.0 Å². The van der Waals surface area contributed by atoms with Gasteiger partial charge in [0.2, 0.25) is 5.91 Å². The highest BCUT2D eigenvalue weighted by Gasteiger charge is 2.37. The minimum atomic E-state index is -0.197. The fourth-order valence-electron chi connectivity index (χ4n) is 4.72. The molecule has 2 atom stereocenters. The summed E-state index contributed by atoms with van der Waals surface area (Å²) < 4.78 is 6.40.